The molecule has 4 nitrogen and oxygen atoms in total. The van der Waals surface area contributed by atoms with Crippen LogP contribution in [0.5, 0.6) is 0 Å². The maximum atomic E-state index is 5.77. The number of nitrogens with two attached hydrogens (primary N) is 2. The van der Waals surface area contributed by atoms with Crippen molar-refractivity contribution in [3.05, 3.63) is 0 Å². The van der Waals surface area contributed by atoms with Crippen LogP contribution in [0.15, 0.2) is 0 Å². The minimum Gasteiger partial charge on any atom is -0.381 e. The molecule has 1 unspecified atom stereocenters. The number of hydrogen-bond donors (Lipinski definition) is 3. The van der Waals surface area contributed by atoms with Crippen LogP contribution in [0.3, 0.4) is 0 Å². The second kappa shape index (κ2) is 6.55. The summed E-state index contributed by atoms with van der Waals surface area (Å²) >= 11 is 0. The van der Waals surface area contributed by atoms with Crippen LogP contribution >= 0.6 is 0 Å². The van der Waals surface area contributed by atoms with Crippen LogP contribution < -0.4 is 16.8 Å². The van der Waals surface area contributed by atoms with Crippen molar-refractivity contribution in [1.29, 1.82) is 0 Å². The molecule has 96 valence electrons. The van der Waals surface area contributed by atoms with Gasteiger partial charge in [0.15, 0.2) is 0 Å². The van der Waals surface area contributed by atoms with Crippen LogP contribution in [0.1, 0.15) is 26.7 Å². The fraction of sp³-hybridized carbons (Fsp3) is 1.00. The van der Waals surface area contributed by atoms with Crippen molar-refractivity contribution in [2.75, 3.05) is 32.8 Å². The van der Waals surface area contributed by atoms with Crippen molar-refractivity contribution in [1.82, 2.24) is 5.32 Å². The van der Waals surface area contributed by atoms with Gasteiger partial charge in [-0.2, -0.15) is 0 Å². The molecule has 0 spiro atoms. The third kappa shape index (κ3) is 4.37. The maximum absolute atomic E-state index is 5.77. The Bertz CT molecular complexity index is 191. The molecule has 0 aromatic carbocycles. The van der Waals surface area contributed by atoms with Crippen LogP contribution in [-0.4, -0.2) is 38.9 Å². The quantitative estimate of drug-likeness (QED) is 0.613. The third-order valence-electron chi connectivity index (χ3n) is 3.62. The highest BCUT2D eigenvalue weighted by atomic mass is 16.5. The molecule has 1 saturated heterocycles. The van der Waals surface area contributed by atoms with E-state index in [1.54, 1.807) is 0 Å². The SMILES string of the molecule is CC(C)(CNCC(N)CN)C1CCOCC1. The van der Waals surface area contributed by atoms with E-state index in [0.717, 1.165) is 32.2 Å². The van der Waals surface area contributed by atoms with E-state index in [1.165, 1.54) is 12.8 Å². The lowest BCUT2D eigenvalue weighted by molar-refractivity contribution is 0.0228. The molecular weight excluding hydrogens is 202 g/mol. The molecular formula is C12H27N3O. The highest BCUT2D eigenvalue weighted by Crippen LogP contribution is 2.33. The molecule has 1 heterocycles. The van der Waals surface area contributed by atoms with E-state index in [0.29, 0.717) is 12.0 Å². The van der Waals surface area contributed by atoms with Gasteiger partial charge in [0.2, 0.25) is 0 Å². The zero-order valence-electron chi connectivity index (χ0n) is 10.7. The summed E-state index contributed by atoms with van der Waals surface area (Å²) in [6.07, 6.45) is 2.36. The third-order valence-corrected chi connectivity index (χ3v) is 3.62. The molecule has 1 atom stereocenters. The van der Waals surface area contributed by atoms with E-state index >= 15 is 0 Å². The Kier molecular flexibility index (Phi) is 5.69. The summed E-state index contributed by atoms with van der Waals surface area (Å²) in [5, 5.41) is 3.43. The monoisotopic (exact) mass is 229 g/mol. The molecule has 0 aromatic heterocycles. The normalized spacial score (nSPS) is 21.0. The van der Waals surface area contributed by atoms with Gasteiger partial charge in [0.25, 0.3) is 0 Å². The molecule has 0 aromatic rings. The summed E-state index contributed by atoms with van der Waals surface area (Å²) in [4.78, 5) is 0. The molecule has 5 N–H and O–H groups in total. The van der Waals surface area contributed by atoms with Crippen LogP contribution in [-0.2, 0) is 4.74 Å². The Morgan fingerprint density at radius 2 is 2.00 bits per heavy atom. The Morgan fingerprint density at radius 3 is 2.56 bits per heavy atom. The first-order chi connectivity index (χ1) is 7.56. The van der Waals surface area contributed by atoms with E-state index in [-0.39, 0.29) is 6.04 Å². The van der Waals surface area contributed by atoms with E-state index in [9.17, 15) is 0 Å². The minimum absolute atomic E-state index is 0.0745. The maximum Gasteiger partial charge on any atom is 0.0468 e. The van der Waals surface area contributed by atoms with Gasteiger partial charge in [-0.25, -0.2) is 0 Å². The molecule has 1 fully saturated rings. The molecule has 1 aliphatic heterocycles. The number of nitrogens with one attached hydrogen (secondary N) is 1. The Hall–Kier alpha value is -0.160. The summed E-state index contributed by atoms with van der Waals surface area (Å²) in [5.74, 6) is 0.753. The molecule has 1 rings (SSSR count). The smallest absolute Gasteiger partial charge is 0.0468 e. The summed E-state index contributed by atoms with van der Waals surface area (Å²) < 4.78 is 5.40. The zero-order valence-corrected chi connectivity index (χ0v) is 10.7. The van der Waals surface area contributed by atoms with Gasteiger partial charge >= 0.3 is 0 Å². The molecule has 0 amide bonds. The van der Waals surface area contributed by atoms with Gasteiger partial charge in [0.05, 0.1) is 0 Å². The van der Waals surface area contributed by atoms with Crippen molar-refractivity contribution in [3.63, 3.8) is 0 Å². The Balaban J connectivity index is 2.26. The predicted octanol–water partition coefficient (Wildman–Crippen LogP) is 0.315. The van der Waals surface area contributed by atoms with Gasteiger partial charge in [0, 0.05) is 38.9 Å². The fourth-order valence-electron chi connectivity index (χ4n) is 2.29. The van der Waals surface area contributed by atoms with Crippen molar-refractivity contribution in [3.8, 4) is 0 Å². The Labute approximate surface area is 99.1 Å². The molecule has 0 aliphatic carbocycles. The van der Waals surface area contributed by atoms with Gasteiger partial charge in [-0.1, -0.05) is 13.8 Å². The van der Waals surface area contributed by atoms with Gasteiger partial charge in [-0.15, -0.1) is 0 Å². The largest absolute Gasteiger partial charge is 0.381 e. The lowest BCUT2D eigenvalue weighted by atomic mass is 9.74. The van der Waals surface area contributed by atoms with Gasteiger partial charge in [-0.05, 0) is 24.2 Å². The topological polar surface area (TPSA) is 73.3 Å². The van der Waals surface area contributed by atoms with Crippen LogP contribution in [0.2, 0.25) is 0 Å². The molecule has 0 radical (unpaired) electrons. The summed E-state index contributed by atoms with van der Waals surface area (Å²) in [6, 6.07) is 0.0745. The van der Waals surface area contributed by atoms with E-state index in [2.05, 4.69) is 19.2 Å². The van der Waals surface area contributed by atoms with E-state index < -0.39 is 0 Å². The minimum atomic E-state index is 0.0745. The highest BCUT2D eigenvalue weighted by Gasteiger charge is 2.30. The van der Waals surface area contributed by atoms with Crippen molar-refractivity contribution >= 4 is 0 Å². The Morgan fingerprint density at radius 1 is 1.38 bits per heavy atom. The van der Waals surface area contributed by atoms with E-state index in [1.807, 2.05) is 0 Å². The van der Waals surface area contributed by atoms with E-state index in [4.69, 9.17) is 16.2 Å². The standard InChI is InChI=1S/C12H27N3O/c1-12(2,9-15-8-11(14)7-13)10-3-5-16-6-4-10/h10-11,15H,3-9,13-14H2,1-2H3. The number of ether oxygens (including phenoxy) is 1. The lowest BCUT2D eigenvalue weighted by Crippen LogP contribution is -2.44. The summed E-state index contributed by atoms with van der Waals surface area (Å²) in [6.45, 7) is 8.83. The first-order valence-corrected chi connectivity index (χ1v) is 6.30. The number of rotatable bonds is 6. The van der Waals surface area contributed by atoms with Crippen LogP contribution in [0.25, 0.3) is 0 Å². The summed E-state index contributed by atoms with van der Waals surface area (Å²) in [5.41, 5.74) is 11.6. The highest BCUT2D eigenvalue weighted by molar-refractivity contribution is 4.82. The first-order valence-electron chi connectivity index (χ1n) is 6.30. The van der Waals surface area contributed by atoms with Gasteiger partial charge in [0.1, 0.15) is 0 Å². The number of hydrogen-bond acceptors (Lipinski definition) is 4. The average Bonchev–Trinajstić information content (AvgIpc) is 2.30. The van der Waals surface area contributed by atoms with Crippen LogP contribution in [0.4, 0.5) is 0 Å². The zero-order chi connectivity index (χ0) is 12.0. The van der Waals surface area contributed by atoms with Crippen molar-refractivity contribution < 1.29 is 4.74 Å². The first kappa shape index (κ1) is 13.9. The lowest BCUT2D eigenvalue weighted by Gasteiger charge is -2.37. The molecule has 16 heavy (non-hydrogen) atoms. The van der Waals surface area contributed by atoms with Crippen LogP contribution in [0, 0.1) is 11.3 Å². The average molecular weight is 229 g/mol. The predicted molar refractivity (Wildman–Crippen MR) is 67.2 cm³/mol. The van der Waals surface area contributed by atoms with Gasteiger partial charge in [-0.3, -0.25) is 0 Å². The van der Waals surface area contributed by atoms with Crippen molar-refractivity contribution in [2.45, 2.75) is 32.7 Å². The van der Waals surface area contributed by atoms with Gasteiger partial charge < -0.3 is 21.5 Å². The summed E-state index contributed by atoms with van der Waals surface area (Å²) in [7, 11) is 0. The molecule has 4 heteroatoms. The second-order valence-corrected chi connectivity index (χ2v) is 5.50. The molecule has 0 saturated carbocycles. The fourth-order valence-corrected chi connectivity index (χ4v) is 2.29. The molecule has 0 bridgehead atoms. The second-order valence-electron chi connectivity index (χ2n) is 5.50. The van der Waals surface area contributed by atoms with Crippen molar-refractivity contribution in [2.24, 2.45) is 22.8 Å². The molecule has 1 aliphatic rings.